The van der Waals surface area contributed by atoms with Gasteiger partial charge in [-0.3, -0.25) is 0 Å². The van der Waals surface area contributed by atoms with Gasteiger partial charge in [0.1, 0.15) is 5.82 Å². The number of sulfonamides is 1. The third-order valence-corrected chi connectivity index (χ3v) is 4.26. The molecule has 0 radical (unpaired) electrons. The van der Waals surface area contributed by atoms with E-state index in [0.717, 1.165) is 0 Å². The lowest BCUT2D eigenvalue weighted by Crippen LogP contribution is -2.26. The number of nitrogens with one attached hydrogen (secondary N) is 2. The quantitative estimate of drug-likeness (QED) is 0.810. The summed E-state index contributed by atoms with van der Waals surface area (Å²) in [5.74, 6) is 0.528. The van der Waals surface area contributed by atoms with Crippen molar-refractivity contribution < 1.29 is 8.42 Å². The lowest BCUT2D eigenvalue weighted by molar-refractivity contribution is 0.558. The molecule has 0 unspecified atom stereocenters. The average molecular weight is 321 g/mol. The molecule has 10 heteroatoms. The Bertz CT molecular complexity index is 585. The van der Waals surface area contributed by atoms with Gasteiger partial charge in [0.2, 0.25) is 5.03 Å². The van der Waals surface area contributed by atoms with Crippen LogP contribution in [0.2, 0.25) is 0 Å². The number of nitrogens with zero attached hydrogens (tertiary/aromatic N) is 4. The molecule has 0 saturated heterocycles. The van der Waals surface area contributed by atoms with Crippen LogP contribution in [0, 0.1) is 0 Å². The first-order valence-electron chi connectivity index (χ1n) is 4.54. The van der Waals surface area contributed by atoms with Gasteiger partial charge in [-0.25, -0.2) is 22.8 Å². The molecule has 8 nitrogen and oxygen atoms in total. The number of halogens is 1. The number of hydrogen-bond acceptors (Lipinski definition) is 5. The predicted octanol–water partition coefficient (Wildman–Crippen LogP) is -0.221. The van der Waals surface area contributed by atoms with Crippen LogP contribution in [0.15, 0.2) is 22.0 Å². The number of aromatic nitrogens is 5. The summed E-state index contributed by atoms with van der Waals surface area (Å²) in [5, 5.41) is 7.20. The van der Waals surface area contributed by atoms with Gasteiger partial charge in [0, 0.05) is 19.4 Å². The first-order chi connectivity index (χ1) is 8.00. The molecule has 0 amide bonds. The van der Waals surface area contributed by atoms with Crippen molar-refractivity contribution in [3.63, 3.8) is 0 Å². The van der Waals surface area contributed by atoms with Crippen molar-refractivity contribution in [3.05, 3.63) is 22.8 Å². The Morgan fingerprint density at radius 1 is 1.59 bits per heavy atom. The molecular formula is C7H9BrN6O2S. The van der Waals surface area contributed by atoms with Crippen LogP contribution < -0.4 is 4.72 Å². The molecule has 2 aromatic heterocycles. The van der Waals surface area contributed by atoms with Crippen LogP contribution in [0.1, 0.15) is 5.82 Å². The first-order valence-corrected chi connectivity index (χ1v) is 6.81. The minimum Gasteiger partial charge on any atom is -0.347 e. The highest BCUT2D eigenvalue weighted by molar-refractivity contribution is 9.10. The predicted molar refractivity (Wildman–Crippen MR) is 61.3 cm³/mol. The van der Waals surface area contributed by atoms with Crippen LogP contribution in [0.3, 0.4) is 0 Å². The van der Waals surface area contributed by atoms with Crippen molar-refractivity contribution in [2.45, 2.75) is 11.6 Å². The van der Waals surface area contributed by atoms with Gasteiger partial charge in [-0.2, -0.15) is 0 Å². The Kier molecular flexibility index (Phi) is 3.26. The van der Waals surface area contributed by atoms with Crippen LogP contribution in [0.5, 0.6) is 0 Å². The molecular weight excluding hydrogens is 312 g/mol. The largest absolute Gasteiger partial charge is 0.347 e. The fourth-order valence-electron chi connectivity index (χ4n) is 1.23. The molecule has 92 valence electrons. The summed E-state index contributed by atoms with van der Waals surface area (Å²) in [7, 11) is -2.17. The SMILES string of the molecule is Cn1nnc(Br)c1S(=O)(=O)NCc1ncc[nH]1. The second-order valence-corrected chi connectivity index (χ2v) is 5.60. The number of aryl methyl sites for hydroxylation is 1. The van der Waals surface area contributed by atoms with Gasteiger partial charge >= 0.3 is 0 Å². The Morgan fingerprint density at radius 2 is 2.35 bits per heavy atom. The molecule has 2 aromatic rings. The van der Waals surface area contributed by atoms with Crippen LogP contribution in [-0.4, -0.2) is 33.4 Å². The van der Waals surface area contributed by atoms with Gasteiger partial charge < -0.3 is 4.98 Å². The molecule has 0 fully saturated rings. The summed E-state index contributed by atoms with van der Waals surface area (Å²) < 4.78 is 27.6. The van der Waals surface area contributed by atoms with Crippen LogP contribution in [0.25, 0.3) is 0 Å². The first kappa shape index (κ1) is 12.2. The molecule has 0 atom stereocenters. The Hall–Kier alpha value is -1.26. The molecule has 0 aliphatic rings. The van der Waals surface area contributed by atoms with Crippen LogP contribution >= 0.6 is 15.9 Å². The smallest absolute Gasteiger partial charge is 0.260 e. The van der Waals surface area contributed by atoms with E-state index in [1.165, 1.54) is 11.7 Å². The van der Waals surface area contributed by atoms with E-state index in [1.807, 2.05) is 0 Å². The van der Waals surface area contributed by atoms with E-state index < -0.39 is 10.0 Å². The highest BCUT2D eigenvalue weighted by atomic mass is 79.9. The second-order valence-electron chi connectivity index (χ2n) is 3.17. The number of imidazole rings is 1. The van der Waals surface area contributed by atoms with Crippen molar-refractivity contribution in [2.24, 2.45) is 7.05 Å². The van der Waals surface area contributed by atoms with Crippen molar-refractivity contribution in [2.75, 3.05) is 0 Å². The van der Waals surface area contributed by atoms with Crippen LogP contribution in [-0.2, 0) is 23.6 Å². The van der Waals surface area contributed by atoms with Gasteiger partial charge in [-0.05, 0) is 15.9 Å². The summed E-state index contributed by atoms with van der Waals surface area (Å²) in [5.41, 5.74) is 0. The van der Waals surface area contributed by atoms with E-state index in [9.17, 15) is 8.42 Å². The Balaban J connectivity index is 2.20. The van der Waals surface area contributed by atoms with E-state index in [0.29, 0.717) is 5.82 Å². The second kappa shape index (κ2) is 4.55. The molecule has 0 bridgehead atoms. The summed E-state index contributed by atoms with van der Waals surface area (Å²) in [6.07, 6.45) is 3.16. The third-order valence-electron chi connectivity index (χ3n) is 1.98. The van der Waals surface area contributed by atoms with Crippen molar-refractivity contribution in [1.29, 1.82) is 0 Å². The molecule has 0 aliphatic heterocycles. The Morgan fingerprint density at radius 3 is 2.88 bits per heavy atom. The van der Waals surface area contributed by atoms with Crippen molar-refractivity contribution in [3.8, 4) is 0 Å². The third kappa shape index (κ3) is 2.53. The van der Waals surface area contributed by atoms with E-state index in [2.05, 4.69) is 40.9 Å². The van der Waals surface area contributed by atoms with Crippen molar-refractivity contribution >= 4 is 26.0 Å². The molecule has 0 aliphatic carbocycles. The minimum atomic E-state index is -3.67. The highest BCUT2D eigenvalue weighted by Gasteiger charge is 2.23. The zero-order valence-corrected chi connectivity index (χ0v) is 11.2. The Labute approximate surface area is 106 Å². The maximum Gasteiger partial charge on any atom is 0.260 e. The lowest BCUT2D eigenvalue weighted by Gasteiger charge is -2.04. The van der Waals surface area contributed by atoms with E-state index in [4.69, 9.17) is 0 Å². The molecule has 0 aromatic carbocycles. The molecule has 0 spiro atoms. The van der Waals surface area contributed by atoms with Gasteiger partial charge in [-0.15, -0.1) is 5.10 Å². The van der Waals surface area contributed by atoms with E-state index >= 15 is 0 Å². The average Bonchev–Trinajstić information content (AvgIpc) is 2.86. The van der Waals surface area contributed by atoms with E-state index in [1.54, 1.807) is 12.4 Å². The molecule has 2 heterocycles. The fraction of sp³-hybridized carbons (Fsp3) is 0.286. The van der Waals surface area contributed by atoms with Gasteiger partial charge in [0.05, 0.1) is 6.54 Å². The van der Waals surface area contributed by atoms with Crippen LogP contribution in [0.4, 0.5) is 0 Å². The summed E-state index contributed by atoms with van der Waals surface area (Å²) in [6.45, 7) is 0.0763. The van der Waals surface area contributed by atoms with Gasteiger partial charge in [0.25, 0.3) is 10.0 Å². The molecule has 2 rings (SSSR count). The fourth-order valence-corrected chi connectivity index (χ4v) is 3.31. The zero-order valence-electron chi connectivity index (χ0n) is 8.75. The normalized spacial score (nSPS) is 11.9. The molecule has 17 heavy (non-hydrogen) atoms. The number of H-pyrrole nitrogens is 1. The lowest BCUT2D eigenvalue weighted by atomic mass is 10.6. The maximum absolute atomic E-state index is 11.9. The summed E-state index contributed by atoms with van der Waals surface area (Å²) >= 11 is 3.03. The summed E-state index contributed by atoms with van der Waals surface area (Å²) in [4.78, 5) is 6.71. The number of aromatic amines is 1. The van der Waals surface area contributed by atoms with Crippen molar-refractivity contribution in [1.82, 2.24) is 29.7 Å². The number of rotatable bonds is 4. The standard InChI is InChI=1S/C7H9BrN6O2S/c1-14-7(6(8)12-13-14)17(15,16)11-4-5-9-2-3-10-5/h2-3,11H,4H2,1H3,(H,9,10). The minimum absolute atomic E-state index is 0.0240. The molecule has 2 N–H and O–H groups in total. The maximum atomic E-state index is 11.9. The molecule has 0 saturated carbocycles. The summed E-state index contributed by atoms with van der Waals surface area (Å²) in [6, 6.07) is 0. The number of hydrogen-bond donors (Lipinski definition) is 2. The van der Waals surface area contributed by atoms with Gasteiger partial charge in [0.15, 0.2) is 4.60 Å². The topological polar surface area (TPSA) is 106 Å². The highest BCUT2D eigenvalue weighted by Crippen LogP contribution is 2.17. The zero-order chi connectivity index (χ0) is 12.5. The van der Waals surface area contributed by atoms with E-state index in [-0.39, 0.29) is 16.2 Å². The monoisotopic (exact) mass is 320 g/mol. The van der Waals surface area contributed by atoms with Gasteiger partial charge in [-0.1, -0.05) is 5.21 Å².